The highest BCUT2D eigenvalue weighted by atomic mass is 16.3. The van der Waals surface area contributed by atoms with Gasteiger partial charge in [-0.3, -0.25) is 9.59 Å². The summed E-state index contributed by atoms with van der Waals surface area (Å²) in [4.78, 5) is 23.2. The Hall–Kier alpha value is -1.88. The number of aliphatic hydroxyl groups is 1. The van der Waals surface area contributed by atoms with E-state index in [0.29, 0.717) is 11.3 Å². The Morgan fingerprint density at radius 1 is 1.33 bits per heavy atom. The molecule has 0 radical (unpaired) electrons. The molecule has 1 aromatic carbocycles. The Bertz CT molecular complexity index is 527. The average molecular weight is 290 g/mol. The number of carbonyl (C=O) groups excluding carboxylic acids is 2. The van der Waals surface area contributed by atoms with E-state index in [1.165, 1.54) is 6.92 Å². The van der Waals surface area contributed by atoms with Crippen LogP contribution in [-0.2, 0) is 4.79 Å². The molecule has 2 unspecified atom stereocenters. The molecule has 0 aliphatic heterocycles. The quantitative estimate of drug-likeness (QED) is 0.793. The molecule has 1 fully saturated rings. The van der Waals surface area contributed by atoms with E-state index in [0.717, 1.165) is 19.3 Å². The summed E-state index contributed by atoms with van der Waals surface area (Å²) in [7, 11) is 0. The van der Waals surface area contributed by atoms with Gasteiger partial charge in [-0.15, -0.1) is 0 Å². The smallest absolute Gasteiger partial charge is 0.251 e. The first-order valence-electron chi connectivity index (χ1n) is 7.24. The first-order chi connectivity index (χ1) is 9.94. The van der Waals surface area contributed by atoms with Crippen molar-refractivity contribution in [2.24, 2.45) is 5.41 Å². The summed E-state index contributed by atoms with van der Waals surface area (Å²) in [6.07, 6.45) is 2.84. The summed E-state index contributed by atoms with van der Waals surface area (Å²) >= 11 is 0. The Balaban J connectivity index is 2.02. The molecule has 5 heteroatoms. The predicted molar refractivity (Wildman–Crippen MR) is 81.0 cm³/mol. The van der Waals surface area contributed by atoms with Gasteiger partial charge in [-0.1, -0.05) is 13.3 Å². The van der Waals surface area contributed by atoms with Crippen molar-refractivity contribution in [2.75, 3.05) is 11.9 Å². The summed E-state index contributed by atoms with van der Waals surface area (Å²) in [6.45, 7) is 3.53. The molecule has 2 rings (SSSR count). The zero-order chi connectivity index (χ0) is 15.5. The minimum Gasteiger partial charge on any atom is -0.396 e. The van der Waals surface area contributed by atoms with Crippen LogP contribution in [0.15, 0.2) is 24.3 Å². The fourth-order valence-corrected chi connectivity index (χ4v) is 2.82. The molecule has 2 atom stereocenters. The van der Waals surface area contributed by atoms with Crippen LogP contribution in [0.3, 0.4) is 0 Å². The van der Waals surface area contributed by atoms with Crippen LogP contribution in [0.2, 0.25) is 0 Å². The number of hydrogen-bond acceptors (Lipinski definition) is 3. The van der Waals surface area contributed by atoms with Crippen molar-refractivity contribution in [3.8, 4) is 0 Å². The second kappa shape index (κ2) is 6.26. The van der Waals surface area contributed by atoms with Gasteiger partial charge < -0.3 is 15.7 Å². The lowest BCUT2D eigenvalue weighted by Gasteiger charge is -2.30. The van der Waals surface area contributed by atoms with Crippen LogP contribution in [0.5, 0.6) is 0 Å². The van der Waals surface area contributed by atoms with E-state index < -0.39 is 0 Å². The number of amides is 2. The van der Waals surface area contributed by atoms with Gasteiger partial charge in [0.05, 0.1) is 6.61 Å². The van der Waals surface area contributed by atoms with Gasteiger partial charge in [0.25, 0.3) is 5.91 Å². The van der Waals surface area contributed by atoms with Crippen LogP contribution >= 0.6 is 0 Å². The highest BCUT2D eigenvalue weighted by molar-refractivity contribution is 5.95. The van der Waals surface area contributed by atoms with Gasteiger partial charge >= 0.3 is 0 Å². The van der Waals surface area contributed by atoms with Gasteiger partial charge in [0, 0.05) is 29.6 Å². The molecule has 1 aliphatic rings. The highest BCUT2D eigenvalue weighted by Gasteiger charge is 2.39. The van der Waals surface area contributed by atoms with Crippen molar-refractivity contribution >= 4 is 17.5 Å². The number of benzene rings is 1. The number of nitrogens with one attached hydrogen (secondary N) is 2. The zero-order valence-electron chi connectivity index (χ0n) is 12.5. The van der Waals surface area contributed by atoms with Crippen LogP contribution < -0.4 is 10.6 Å². The summed E-state index contributed by atoms with van der Waals surface area (Å²) in [6, 6.07) is 6.79. The summed E-state index contributed by atoms with van der Waals surface area (Å²) in [5.41, 5.74) is 0.989. The Morgan fingerprint density at radius 2 is 2.00 bits per heavy atom. The monoisotopic (exact) mass is 290 g/mol. The predicted octanol–water partition coefficient (Wildman–Crippen LogP) is 1.93. The largest absolute Gasteiger partial charge is 0.396 e. The van der Waals surface area contributed by atoms with Gasteiger partial charge in [-0.25, -0.2) is 0 Å². The van der Waals surface area contributed by atoms with Crippen LogP contribution in [0.1, 0.15) is 43.5 Å². The van der Waals surface area contributed by atoms with E-state index in [4.69, 9.17) is 0 Å². The number of anilines is 1. The van der Waals surface area contributed by atoms with Gasteiger partial charge in [0.1, 0.15) is 0 Å². The topological polar surface area (TPSA) is 78.4 Å². The van der Waals surface area contributed by atoms with E-state index in [-0.39, 0.29) is 29.9 Å². The lowest BCUT2D eigenvalue weighted by molar-refractivity contribution is -0.114. The molecule has 114 valence electrons. The molecule has 1 aliphatic carbocycles. The Morgan fingerprint density at radius 3 is 2.57 bits per heavy atom. The maximum Gasteiger partial charge on any atom is 0.251 e. The highest BCUT2D eigenvalue weighted by Crippen LogP contribution is 2.37. The summed E-state index contributed by atoms with van der Waals surface area (Å²) in [5, 5.41) is 15.2. The average Bonchev–Trinajstić information content (AvgIpc) is 2.81. The lowest BCUT2D eigenvalue weighted by atomic mass is 9.85. The number of aliphatic hydroxyl groups excluding tert-OH is 1. The Kier molecular flexibility index (Phi) is 4.63. The molecule has 1 aromatic rings. The minimum absolute atomic E-state index is 0.00465. The molecule has 0 bridgehead atoms. The first kappa shape index (κ1) is 15.5. The molecule has 2 amide bonds. The molecule has 5 nitrogen and oxygen atoms in total. The van der Waals surface area contributed by atoms with Crippen LogP contribution in [0, 0.1) is 5.41 Å². The minimum atomic E-state index is -0.230. The number of hydrogen-bond donors (Lipinski definition) is 3. The third kappa shape index (κ3) is 3.61. The van der Waals surface area contributed by atoms with Crippen molar-refractivity contribution in [1.29, 1.82) is 0 Å². The molecule has 3 N–H and O–H groups in total. The normalized spacial score (nSPS) is 24.6. The molecular formula is C16H22N2O3. The van der Waals surface area contributed by atoms with E-state index in [2.05, 4.69) is 10.6 Å². The van der Waals surface area contributed by atoms with Gasteiger partial charge in [0.15, 0.2) is 0 Å². The van der Waals surface area contributed by atoms with Gasteiger partial charge in [0.2, 0.25) is 5.91 Å². The lowest BCUT2D eigenvalue weighted by Crippen LogP contribution is -2.44. The first-order valence-corrected chi connectivity index (χ1v) is 7.24. The third-order valence-electron chi connectivity index (χ3n) is 4.22. The second-order valence-corrected chi connectivity index (χ2v) is 5.99. The van der Waals surface area contributed by atoms with Crippen molar-refractivity contribution in [3.05, 3.63) is 29.8 Å². The molecule has 0 aromatic heterocycles. The van der Waals surface area contributed by atoms with E-state index in [1.54, 1.807) is 24.3 Å². The van der Waals surface area contributed by atoms with Crippen LogP contribution in [-0.4, -0.2) is 29.6 Å². The number of carbonyl (C=O) groups is 2. The molecule has 0 spiro atoms. The van der Waals surface area contributed by atoms with Gasteiger partial charge in [-0.2, -0.15) is 0 Å². The summed E-state index contributed by atoms with van der Waals surface area (Å²) in [5.74, 6) is -0.284. The molecule has 1 saturated carbocycles. The van der Waals surface area contributed by atoms with Crippen molar-refractivity contribution in [3.63, 3.8) is 0 Å². The fraction of sp³-hybridized carbons (Fsp3) is 0.500. The number of rotatable bonds is 4. The van der Waals surface area contributed by atoms with E-state index >= 15 is 0 Å². The maximum absolute atomic E-state index is 12.3. The molecule has 0 saturated heterocycles. The standard InChI is InChI=1S/C16H22N2O3/c1-11(20)17-13-7-5-12(6-8-13)15(21)18-14-4-3-9-16(14,2)10-19/h5-8,14,19H,3-4,9-10H2,1-2H3,(H,17,20)(H,18,21). The SMILES string of the molecule is CC(=O)Nc1ccc(C(=O)NC2CCCC2(C)CO)cc1. The zero-order valence-corrected chi connectivity index (χ0v) is 12.5. The molecular weight excluding hydrogens is 268 g/mol. The third-order valence-corrected chi connectivity index (χ3v) is 4.22. The molecule has 0 heterocycles. The van der Waals surface area contributed by atoms with Crippen molar-refractivity contribution in [2.45, 2.75) is 39.2 Å². The second-order valence-electron chi connectivity index (χ2n) is 5.99. The van der Waals surface area contributed by atoms with Crippen LogP contribution in [0.4, 0.5) is 5.69 Å². The van der Waals surface area contributed by atoms with Crippen LogP contribution in [0.25, 0.3) is 0 Å². The van der Waals surface area contributed by atoms with E-state index in [1.807, 2.05) is 6.92 Å². The van der Waals surface area contributed by atoms with Crippen molar-refractivity contribution in [1.82, 2.24) is 5.32 Å². The van der Waals surface area contributed by atoms with E-state index in [9.17, 15) is 14.7 Å². The molecule has 21 heavy (non-hydrogen) atoms. The maximum atomic E-state index is 12.3. The van der Waals surface area contributed by atoms with Crippen molar-refractivity contribution < 1.29 is 14.7 Å². The summed E-state index contributed by atoms with van der Waals surface area (Å²) < 4.78 is 0. The Labute approximate surface area is 124 Å². The fourth-order valence-electron chi connectivity index (χ4n) is 2.82. The van der Waals surface area contributed by atoms with Gasteiger partial charge in [-0.05, 0) is 37.1 Å².